The Morgan fingerprint density at radius 1 is 1.24 bits per heavy atom. The number of aromatic nitrogens is 3. The summed E-state index contributed by atoms with van der Waals surface area (Å²) in [5.74, 6) is 1.13. The minimum Gasteiger partial charge on any atom is -0.463 e. The van der Waals surface area contributed by atoms with Gasteiger partial charge in [-0.1, -0.05) is 21.1 Å². The predicted molar refractivity (Wildman–Crippen MR) is 146 cm³/mol. The number of nitrogens with zero attached hydrogens (tertiary/aromatic N) is 5. The number of rotatable bonds is 4. The number of carbonyl (C=O) groups is 2. The highest BCUT2D eigenvalue weighted by Crippen LogP contribution is 2.30. The first-order chi connectivity index (χ1) is 18.0. The van der Waals surface area contributed by atoms with Crippen molar-refractivity contribution in [3.63, 3.8) is 0 Å². The van der Waals surface area contributed by atoms with E-state index in [0.29, 0.717) is 42.6 Å². The third-order valence-corrected chi connectivity index (χ3v) is 6.49. The lowest BCUT2D eigenvalue weighted by Gasteiger charge is -2.23. The summed E-state index contributed by atoms with van der Waals surface area (Å²) in [6.07, 6.45) is 0.0152. The van der Waals surface area contributed by atoms with Gasteiger partial charge >= 0.3 is 12.2 Å². The van der Waals surface area contributed by atoms with Gasteiger partial charge in [-0.3, -0.25) is 5.32 Å². The number of nitrogens with one attached hydrogen (secondary N) is 2. The monoisotopic (exact) mass is 649 g/mol. The van der Waals surface area contributed by atoms with Crippen molar-refractivity contribution in [3.8, 4) is 11.4 Å². The predicted octanol–water partition coefficient (Wildman–Crippen LogP) is 5.75. The van der Waals surface area contributed by atoms with E-state index >= 15 is 0 Å². The molecule has 2 amide bonds. The van der Waals surface area contributed by atoms with Crippen LogP contribution in [-0.4, -0.2) is 62.0 Å². The Morgan fingerprint density at radius 3 is 2.71 bits per heavy atom. The molecule has 0 radical (unpaired) electrons. The van der Waals surface area contributed by atoms with Gasteiger partial charge in [0, 0.05) is 33.8 Å². The second-order valence-electron chi connectivity index (χ2n) is 9.41. The van der Waals surface area contributed by atoms with Crippen LogP contribution in [0.4, 0.5) is 21.1 Å². The smallest absolute Gasteiger partial charge is 0.434 e. The van der Waals surface area contributed by atoms with Crippen LogP contribution in [0.3, 0.4) is 0 Å². The van der Waals surface area contributed by atoms with Crippen molar-refractivity contribution >= 4 is 61.5 Å². The molecule has 4 rings (SSSR count). The van der Waals surface area contributed by atoms with Crippen LogP contribution >= 0.6 is 31.9 Å². The van der Waals surface area contributed by atoms with Crippen LogP contribution < -0.4 is 10.6 Å². The van der Waals surface area contributed by atoms with Crippen molar-refractivity contribution in [2.24, 2.45) is 4.99 Å². The molecular weight excluding hydrogens is 626 g/mol. The van der Waals surface area contributed by atoms with Crippen molar-refractivity contribution in [1.82, 2.24) is 25.3 Å². The fourth-order valence-electron chi connectivity index (χ4n) is 3.67. The van der Waals surface area contributed by atoms with E-state index in [1.165, 1.54) is 0 Å². The van der Waals surface area contributed by atoms with Crippen LogP contribution in [0.25, 0.3) is 11.4 Å². The summed E-state index contributed by atoms with van der Waals surface area (Å²) in [6, 6.07) is 9.44. The Balaban J connectivity index is 1.41. The zero-order chi connectivity index (χ0) is 27.4. The molecule has 12 nitrogen and oxygen atoms in total. The molecule has 200 valence electrons. The maximum Gasteiger partial charge on any atom is 0.434 e. The molecule has 1 fully saturated rings. The molecule has 0 spiro atoms. The molecule has 0 bridgehead atoms. The minimum atomic E-state index is -1.43. The summed E-state index contributed by atoms with van der Waals surface area (Å²) in [4.78, 5) is 37.5. The van der Waals surface area contributed by atoms with Gasteiger partial charge in [0.1, 0.15) is 11.4 Å². The van der Waals surface area contributed by atoms with E-state index in [1.54, 1.807) is 31.9 Å². The van der Waals surface area contributed by atoms with Crippen LogP contribution in [0.2, 0.25) is 0 Å². The number of halogens is 2. The molecule has 2 aromatic heterocycles. The van der Waals surface area contributed by atoms with E-state index in [9.17, 15) is 9.59 Å². The molecule has 0 aliphatic carbocycles. The topological polar surface area (TPSA) is 155 Å². The Kier molecular flexibility index (Phi) is 8.31. The molecule has 1 aliphatic rings. The number of hydrogen-bond donors (Lipinski definition) is 3. The average molecular weight is 651 g/mol. The van der Waals surface area contributed by atoms with Gasteiger partial charge in [0.2, 0.25) is 17.7 Å². The molecule has 1 atom stereocenters. The highest BCUT2D eigenvalue weighted by molar-refractivity contribution is 9.11. The highest BCUT2D eigenvalue weighted by atomic mass is 79.9. The molecule has 14 heteroatoms. The number of anilines is 2. The SMILES string of the molecule is CC(C)(C)OC(=O)N/C(=N\C(=O)O)N1CC[C@@H](c2nc(-c3ccc(Nc4cc(Br)ccc4Br)nc3)no2)C1. The summed E-state index contributed by atoms with van der Waals surface area (Å²) in [6.45, 7) is 5.88. The van der Waals surface area contributed by atoms with Crippen molar-refractivity contribution < 1.29 is 24.0 Å². The van der Waals surface area contributed by atoms with Gasteiger partial charge in [-0.2, -0.15) is 4.98 Å². The largest absolute Gasteiger partial charge is 0.463 e. The molecule has 38 heavy (non-hydrogen) atoms. The van der Waals surface area contributed by atoms with Crippen molar-refractivity contribution in [2.45, 2.75) is 38.7 Å². The fraction of sp³-hybridized carbons (Fsp3) is 0.333. The van der Waals surface area contributed by atoms with Crippen LogP contribution in [0, 0.1) is 0 Å². The Hall–Kier alpha value is -3.52. The normalized spacial score (nSPS) is 15.9. The molecule has 3 N–H and O–H groups in total. The number of aliphatic imine (C=N–C) groups is 1. The molecular formula is C24H25Br2N7O5. The van der Waals surface area contributed by atoms with Crippen LogP contribution in [0.15, 0.2) is 55.0 Å². The maximum absolute atomic E-state index is 12.2. The molecule has 0 saturated carbocycles. The summed E-state index contributed by atoms with van der Waals surface area (Å²) in [5, 5.41) is 18.9. The quantitative estimate of drug-likeness (QED) is 0.235. The number of hydrogen-bond acceptors (Lipinski definition) is 8. The van der Waals surface area contributed by atoms with Gasteiger partial charge in [-0.05, 0) is 73.5 Å². The first kappa shape index (κ1) is 27.5. The van der Waals surface area contributed by atoms with E-state index in [2.05, 4.69) is 62.6 Å². The average Bonchev–Trinajstić information content (AvgIpc) is 3.50. The van der Waals surface area contributed by atoms with Crippen LogP contribution in [-0.2, 0) is 4.74 Å². The lowest BCUT2D eigenvalue weighted by molar-refractivity contribution is 0.0557. The molecule has 3 heterocycles. The standard InChI is InChI=1S/C24H25Br2N7O5/c1-24(2,3)37-23(36)31-21(30-22(34)35)33-9-8-14(12-33)20-29-19(32-38-20)13-4-7-18(27-11-13)28-17-10-15(25)5-6-16(17)26/h4-7,10-11,14H,8-9,12H2,1-3H3,(H,27,28)(H,34,35)(H,30,31,36)/t14-/m1/s1. The van der Waals surface area contributed by atoms with Gasteiger partial charge in [-0.15, -0.1) is 4.99 Å². The molecule has 0 unspecified atom stereocenters. The number of ether oxygens (including phenoxy) is 1. The summed E-state index contributed by atoms with van der Waals surface area (Å²) in [7, 11) is 0. The number of likely N-dealkylation sites (tertiary alicyclic amines) is 1. The van der Waals surface area contributed by atoms with Crippen LogP contribution in [0.1, 0.15) is 39.0 Å². The third-order valence-electron chi connectivity index (χ3n) is 5.31. The van der Waals surface area contributed by atoms with Crippen molar-refractivity contribution in [3.05, 3.63) is 51.4 Å². The Morgan fingerprint density at radius 2 is 2.03 bits per heavy atom. The Bertz CT molecular complexity index is 1350. The lowest BCUT2D eigenvalue weighted by atomic mass is 10.1. The number of benzene rings is 1. The number of alkyl carbamates (subject to hydrolysis) is 1. The Labute approximate surface area is 235 Å². The third kappa shape index (κ3) is 7.28. The number of carbonyl (C=O) groups excluding carboxylic acids is 1. The second kappa shape index (κ2) is 11.5. The van der Waals surface area contributed by atoms with Crippen molar-refractivity contribution in [1.29, 1.82) is 0 Å². The number of guanidine groups is 1. The van der Waals surface area contributed by atoms with Crippen LogP contribution in [0.5, 0.6) is 0 Å². The summed E-state index contributed by atoms with van der Waals surface area (Å²) in [5.41, 5.74) is 0.790. The second-order valence-corrected chi connectivity index (χ2v) is 11.2. The lowest BCUT2D eigenvalue weighted by Crippen LogP contribution is -2.45. The van der Waals surface area contributed by atoms with E-state index in [4.69, 9.17) is 14.4 Å². The van der Waals surface area contributed by atoms with Gasteiger partial charge in [0.05, 0.1) is 11.6 Å². The molecule has 3 aromatic rings. The van der Waals surface area contributed by atoms with E-state index < -0.39 is 17.8 Å². The fourth-order valence-corrected chi connectivity index (χ4v) is 4.37. The minimum absolute atomic E-state index is 0.113. The number of pyridine rings is 1. The zero-order valence-corrected chi connectivity index (χ0v) is 23.9. The van der Waals surface area contributed by atoms with Gasteiger partial charge in [-0.25, -0.2) is 14.6 Å². The van der Waals surface area contributed by atoms with Gasteiger partial charge in [0.15, 0.2) is 0 Å². The number of carboxylic acid groups (broad SMARTS) is 1. The van der Waals surface area contributed by atoms with E-state index in [1.807, 2.05) is 30.3 Å². The molecule has 1 saturated heterocycles. The zero-order valence-electron chi connectivity index (χ0n) is 20.7. The first-order valence-corrected chi connectivity index (χ1v) is 13.1. The first-order valence-electron chi connectivity index (χ1n) is 11.6. The summed E-state index contributed by atoms with van der Waals surface area (Å²) < 4.78 is 12.6. The molecule has 1 aromatic carbocycles. The van der Waals surface area contributed by atoms with Gasteiger partial charge in [0.25, 0.3) is 0 Å². The van der Waals surface area contributed by atoms with E-state index in [-0.39, 0.29) is 11.9 Å². The van der Waals surface area contributed by atoms with Crippen molar-refractivity contribution in [2.75, 3.05) is 18.4 Å². The van der Waals surface area contributed by atoms with Gasteiger partial charge < -0.3 is 24.6 Å². The summed E-state index contributed by atoms with van der Waals surface area (Å²) >= 11 is 6.97. The highest BCUT2D eigenvalue weighted by Gasteiger charge is 2.32. The molecule has 1 aliphatic heterocycles. The maximum atomic E-state index is 12.2. The number of amides is 2. The van der Waals surface area contributed by atoms with E-state index in [0.717, 1.165) is 14.6 Å².